The molecule has 1 aromatic rings. The van der Waals surface area contributed by atoms with Crippen molar-refractivity contribution in [3.05, 3.63) is 48.0 Å². The van der Waals surface area contributed by atoms with Crippen molar-refractivity contribution in [3.8, 4) is 0 Å². The van der Waals surface area contributed by atoms with Gasteiger partial charge in [0.15, 0.2) is 0 Å². The summed E-state index contributed by atoms with van der Waals surface area (Å²) in [6, 6.07) is 7.65. The summed E-state index contributed by atoms with van der Waals surface area (Å²) < 4.78 is 0. The van der Waals surface area contributed by atoms with Crippen LogP contribution in [0.1, 0.15) is 17.2 Å². The first kappa shape index (κ1) is 10.3. The van der Waals surface area contributed by atoms with E-state index >= 15 is 0 Å². The summed E-state index contributed by atoms with van der Waals surface area (Å²) in [6.07, 6.45) is 0.867. The Morgan fingerprint density at radius 3 is 2.38 bits per heavy atom. The normalized spacial score (nSPS) is 15.0. The van der Waals surface area contributed by atoms with Gasteiger partial charge >= 0.3 is 0 Å². The van der Waals surface area contributed by atoms with E-state index < -0.39 is 11.5 Å². The number of aryl methyl sites for hydroxylation is 1. The minimum absolute atomic E-state index is 0.428. The predicted octanol–water partition coefficient (Wildman–Crippen LogP) is 2.82. The van der Waals surface area contributed by atoms with Gasteiger partial charge in [-0.15, -0.1) is 18.2 Å². The van der Waals surface area contributed by atoms with Gasteiger partial charge < -0.3 is 5.11 Å². The fraction of sp³-hybridized carbons (Fsp3) is 0.273. The average Bonchev–Trinajstić information content (AvgIpc) is 2.17. The molecule has 0 spiro atoms. The van der Waals surface area contributed by atoms with Crippen molar-refractivity contribution in [3.63, 3.8) is 0 Å². The minimum Gasteiger partial charge on any atom is -0.387 e. The van der Waals surface area contributed by atoms with Gasteiger partial charge in [0, 0.05) is 0 Å². The second-order valence-corrected chi connectivity index (χ2v) is 3.54. The second kappa shape index (κ2) is 4.45. The van der Waals surface area contributed by atoms with Crippen LogP contribution in [0.2, 0.25) is 0 Å². The molecule has 1 aromatic carbocycles. The lowest BCUT2D eigenvalue weighted by Gasteiger charge is -2.13. The number of aliphatic hydroxyl groups is 1. The molecule has 0 bridgehead atoms. The van der Waals surface area contributed by atoms with Crippen molar-refractivity contribution in [1.29, 1.82) is 0 Å². The van der Waals surface area contributed by atoms with Crippen LogP contribution >= 0.6 is 11.6 Å². The molecule has 0 aliphatic carbocycles. The molecule has 0 heterocycles. The Labute approximate surface area is 83.7 Å². The highest BCUT2D eigenvalue weighted by atomic mass is 35.5. The Bertz CT molecular complexity index is 279. The van der Waals surface area contributed by atoms with E-state index in [0.717, 1.165) is 5.56 Å². The van der Waals surface area contributed by atoms with Crippen LogP contribution in [0.4, 0.5) is 0 Å². The first-order valence-electron chi connectivity index (χ1n) is 4.16. The number of benzene rings is 1. The predicted molar refractivity (Wildman–Crippen MR) is 56.0 cm³/mol. The van der Waals surface area contributed by atoms with Crippen molar-refractivity contribution in [2.45, 2.75) is 18.4 Å². The zero-order valence-electron chi connectivity index (χ0n) is 7.57. The second-order valence-electron chi connectivity index (χ2n) is 3.04. The molecule has 2 atom stereocenters. The van der Waals surface area contributed by atoms with Crippen LogP contribution in [0.15, 0.2) is 36.9 Å². The number of hydrogen-bond acceptors (Lipinski definition) is 1. The molecule has 0 aliphatic rings. The molecule has 2 heteroatoms. The van der Waals surface area contributed by atoms with E-state index in [9.17, 15) is 5.11 Å². The zero-order valence-corrected chi connectivity index (χ0v) is 8.33. The third-order valence-corrected chi connectivity index (χ3v) is 2.36. The van der Waals surface area contributed by atoms with Crippen molar-refractivity contribution in [1.82, 2.24) is 0 Å². The Morgan fingerprint density at radius 2 is 1.92 bits per heavy atom. The van der Waals surface area contributed by atoms with Crippen molar-refractivity contribution in [2.75, 3.05) is 0 Å². The van der Waals surface area contributed by atoms with Crippen molar-refractivity contribution >= 4 is 11.6 Å². The van der Waals surface area contributed by atoms with Crippen molar-refractivity contribution in [2.24, 2.45) is 0 Å². The van der Waals surface area contributed by atoms with Gasteiger partial charge in [-0.25, -0.2) is 0 Å². The van der Waals surface area contributed by atoms with Crippen LogP contribution in [-0.4, -0.2) is 10.5 Å². The van der Waals surface area contributed by atoms with Crippen LogP contribution < -0.4 is 0 Å². The van der Waals surface area contributed by atoms with Crippen LogP contribution in [0.5, 0.6) is 0 Å². The third-order valence-electron chi connectivity index (χ3n) is 1.95. The number of alkyl halides is 1. The summed E-state index contributed by atoms with van der Waals surface area (Å²) in [5.74, 6) is 0. The number of rotatable bonds is 3. The number of aliphatic hydroxyl groups excluding tert-OH is 1. The van der Waals surface area contributed by atoms with Gasteiger partial charge in [0.2, 0.25) is 0 Å². The van der Waals surface area contributed by atoms with E-state index in [4.69, 9.17) is 11.6 Å². The maximum atomic E-state index is 9.68. The molecular weight excluding hydrogens is 184 g/mol. The van der Waals surface area contributed by atoms with Gasteiger partial charge in [0.05, 0.1) is 11.5 Å². The van der Waals surface area contributed by atoms with Gasteiger partial charge in [0.25, 0.3) is 0 Å². The van der Waals surface area contributed by atoms with E-state index in [2.05, 4.69) is 6.58 Å². The average molecular weight is 197 g/mol. The zero-order chi connectivity index (χ0) is 9.84. The van der Waals surface area contributed by atoms with Gasteiger partial charge in [-0.2, -0.15) is 0 Å². The van der Waals surface area contributed by atoms with Crippen LogP contribution in [0, 0.1) is 6.92 Å². The van der Waals surface area contributed by atoms with Gasteiger partial charge in [-0.3, -0.25) is 0 Å². The molecule has 0 saturated heterocycles. The molecule has 0 fully saturated rings. The summed E-state index contributed by atoms with van der Waals surface area (Å²) in [4.78, 5) is 0. The summed E-state index contributed by atoms with van der Waals surface area (Å²) in [7, 11) is 0. The number of hydrogen-bond donors (Lipinski definition) is 1. The molecular formula is C11H13ClO. The van der Waals surface area contributed by atoms with E-state index in [-0.39, 0.29) is 0 Å². The topological polar surface area (TPSA) is 20.2 Å². The molecule has 0 unspecified atom stereocenters. The van der Waals surface area contributed by atoms with Crippen LogP contribution in [0.3, 0.4) is 0 Å². The lowest BCUT2D eigenvalue weighted by Crippen LogP contribution is -2.09. The lowest BCUT2D eigenvalue weighted by atomic mass is 10.0. The molecule has 0 saturated carbocycles. The van der Waals surface area contributed by atoms with Gasteiger partial charge in [-0.05, 0) is 12.5 Å². The molecule has 70 valence electrons. The summed E-state index contributed by atoms with van der Waals surface area (Å²) in [5.41, 5.74) is 1.99. The highest BCUT2D eigenvalue weighted by Crippen LogP contribution is 2.21. The van der Waals surface area contributed by atoms with Crippen LogP contribution in [-0.2, 0) is 0 Å². The molecule has 0 aromatic heterocycles. The molecule has 13 heavy (non-hydrogen) atoms. The Balaban J connectivity index is 2.82. The Morgan fingerprint density at radius 1 is 1.38 bits per heavy atom. The first-order chi connectivity index (χ1) is 6.15. The summed E-state index contributed by atoms with van der Waals surface area (Å²) in [6.45, 7) is 5.53. The minimum atomic E-state index is -0.667. The van der Waals surface area contributed by atoms with Crippen molar-refractivity contribution < 1.29 is 5.11 Å². The third kappa shape index (κ3) is 2.58. The summed E-state index contributed by atoms with van der Waals surface area (Å²) in [5, 5.41) is 9.25. The standard InChI is InChI=1S/C11H13ClO/c1-3-10(12)11(13)9-6-4-8(2)5-7-9/h3-7,10-11,13H,1H2,2H3/t10-,11-/m0/s1. The van der Waals surface area contributed by atoms with Gasteiger partial charge in [-0.1, -0.05) is 35.9 Å². The van der Waals surface area contributed by atoms with E-state index in [0.29, 0.717) is 0 Å². The SMILES string of the molecule is C=C[C@H](Cl)[C@@H](O)c1ccc(C)cc1. The fourth-order valence-electron chi connectivity index (χ4n) is 1.08. The Hall–Kier alpha value is -0.790. The molecule has 1 rings (SSSR count). The lowest BCUT2D eigenvalue weighted by molar-refractivity contribution is 0.185. The molecule has 1 N–H and O–H groups in total. The largest absolute Gasteiger partial charge is 0.387 e. The quantitative estimate of drug-likeness (QED) is 0.582. The van der Waals surface area contributed by atoms with E-state index in [1.165, 1.54) is 11.6 Å². The molecule has 1 nitrogen and oxygen atoms in total. The highest BCUT2D eigenvalue weighted by Gasteiger charge is 2.14. The maximum absolute atomic E-state index is 9.68. The maximum Gasteiger partial charge on any atom is 0.0988 e. The molecule has 0 radical (unpaired) electrons. The van der Waals surface area contributed by atoms with Crippen LogP contribution in [0.25, 0.3) is 0 Å². The fourth-order valence-corrected chi connectivity index (χ4v) is 1.22. The first-order valence-corrected chi connectivity index (χ1v) is 4.60. The summed E-state index contributed by atoms with van der Waals surface area (Å²) >= 11 is 5.82. The monoisotopic (exact) mass is 196 g/mol. The highest BCUT2D eigenvalue weighted by molar-refractivity contribution is 6.22. The van der Waals surface area contributed by atoms with Gasteiger partial charge in [0.1, 0.15) is 0 Å². The van der Waals surface area contributed by atoms with E-state index in [1.807, 2.05) is 31.2 Å². The smallest absolute Gasteiger partial charge is 0.0988 e. The van der Waals surface area contributed by atoms with E-state index in [1.54, 1.807) is 0 Å². The number of halogens is 1. The molecule has 0 aliphatic heterocycles. The Kier molecular flexibility index (Phi) is 3.52. The molecule has 0 amide bonds.